The molecule has 1 aromatic heterocycles. The van der Waals surface area contributed by atoms with Crippen LogP contribution in [0.15, 0.2) is 104 Å². The Morgan fingerprint density at radius 3 is 1.35 bits per heavy atom. The van der Waals surface area contributed by atoms with Gasteiger partial charge in [0.05, 0.1) is 30.8 Å². The highest BCUT2D eigenvalue weighted by atomic mass is 19.2. The molecule has 0 bridgehead atoms. The van der Waals surface area contributed by atoms with E-state index in [1.54, 1.807) is 38.1 Å². The summed E-state index contributed by atoms with van der Waals surface area (Å²) in [5.74, 6) is -39.9. The van der Waals surface area contributed by atoms with E-state index in [1.165, 1.54) is 30.5 Å². The molecule has 15 amide bonds. The molecule has 137 heavy (non-hydrogen) atoms. The first-order chi connectivity index (χ1) is 64.7. The predicted octanol–water partition coefficient (Wildman–Crippen LogP) is -0.474. The van der Waals surface area contributed by atoms with Crippen LogP contribution in [0.3, 0.4) is 0 Å². The topological polar surface area (TPSA) is 637 Å². The summed E-state index contributed by atoms with van der Waals surface area (Å²) in [6.07, 6.45) is -8.82. The van der Waals surface area contributed by atoms with Crippen LogP contribution in [0, 0.1) is 52.5 Å². The van der Waals surface area contributed by atoms with Crippen molar-refractivity contribution in [2.75, 3.05) is 13.2 Å². The molecule has 0 aliphatic carbocycles. The molecule has 0 saturated heterocycles. The summed E-state index contributed by atoms with van der Waals surface area (Å²) in [7, 11) is 0. The number of aliphatic hydroxyl groups is 3. The lowest BCUT2D eigenvalue weighted by molar-refractivity contribution is -0.139. The summed E-state index contributed by atoms with van der Waals surface area (Å²) >= 11 is 0. The van der Waals surface area contributed by atoms with E-state index < -0.39 is 307 Å². The molecule has 7 aromatic carbocycles. The number of carbonyl (C=O) groups is 16. The first-order valence-electron chi connectivity index (χ1n) is 43.1. The molecule has 0 fully saturated rings. The van der Waals surface area contributed by atoms with Crippen molar-refractivity contribution in [3.05, 3.63) is 178 Å². The minimum atomic E-state index is -2.67. The van der Waals surface area contributed by atoms with Crippen molar-refractivity contribution < 1.29 is 137 Å². The molecule has 47 heteroatoms. The van der Waals surface area contributed by atoms with E-state index in [9.17, 15) is 114 Å². The summed E-state index contributed by atoms with van der Waals surface area (Å²) in [5.41, 5.74) is 14.7. The average Bonchev–Trinajstić information content (AvgIpc) is 0.989. The largest absolute Gasteiger partial charge is 0.508 e. The predicted molar refractivity (Wildman–Crippen MR) is 472 cm³/mol. The Bertz CT molecular complexity index is 5700. The van der Waals surface area contributed by atoms with E-state index in [1.807, 2.05) is 46.3 Å². The van der Waals surface area contributed by atoms with Crippen molar-refractivity contribution in [1.29, 1.82) is 0 Å². The molecular formula is C90H106F8N18O21. The number of rotatable bonds is 51. The maximum Gasteiger partial charge on any atom is 0.303 e. The van der Waals surface area contributed by atoms with E-state index >= 15 is 23.2 Å². The zero-order valence-corrected chi connectivity index (χ0v) is 74.6. The number of carboxylic acids is 1. The van der Waals surface area contributed by atoms with Gasteiger partial charge in [0.25, 0.3) is 0 Å². The molecule has 0 spiro atoms. The normalized spacial score (nSPS) is 14.7. The summed E-state index contributed by atoms with van der Waals surface area (Å²) in [4.78, 5) is 231. The molecule has 0 saturated carbocycles. The molecule has 39 nitrogen and oxygen atoms in total. The Kier molecular flexibility index (Phi) is 39.0. The summed E-state index contributed by atoms with van der Waals surface area (Å²) in [6, 6.07) is -3.85. The van der Waals surface area contributed by atoms with Crippen LogP contribution in [0.1, 0.15) is 121 Å². The molecule has 8 rings (SSSR count). The Hall–Kier alpha value is -14.6. The summed E-state index contributed by atoms with van der Waals surface area (Å²) in [5, 5.41) is 86.2. The van der Waals surface area contributed by atoms with Crippen LogP contribution in [-0.4, -0.2) is 234 Å². The molecule has 0 aliphatic heterocycles. The number of benzene rings is 7. The fourth-order valence-electron chi connectivity index (χ4n) is 14.9. The van der Waals surface area contributed by atoms with Gasteiger partial charge in [0, 0.05) is 63.6 Å². The van der Waals surface area contributed by atoms with Crippen molar-refractivity contribution >= 4 is 127 Å². The summed E-state index contributed by atoms with van der Waals surface area (Å²) in [6.45, 7) is 6.36. The lowest BCUT2D eigenvalue weighted by Gasteiger charge is -2.29. The van der Waals surface area contributed by atoms with Gasteiger partial charge in [-0.1, -0.05) is 80.6 Å². The first-order valence-corrected chi connectivity index (χ1v) is 43.1. The summed E-state index contributed by atoms with van der Waals surface area (Å²) < 4.78 is 120. The maximum absolute atomic E-state index is 15.7. The quantitative estimate of drug-likeness (QED) is 0.00753. The fourth-order valence-corrected chi connectivity index (χ4v) is 14.9. The number of nitrogens with one attached hydrogen (secondary N) is 14. The minimum Gasteiger partial charge on any atom is -0.508 e. The number of aromatic amines is 1. The van der Waals surface area contributed by atoms with Crippen molar-refractivity contribution in [2.45, 2.75) is 216 Å². The second-order valence-electron chi connectivity index (χ2n) is 33.2. The Morgan fingerprint density at radius 1 is 0.423 bits per heavy atom. The highest BCUT2D eigenvalue weighted by Crippen LogP contribution is 2.37. The second kappa shape index (κ2) is 49.6. The number of primary amides is 2. The van der Waals surface area contributed by atoms with E-state index in [-0.39, 0.29) is 48.7 Å². The van der Waals surface area contributed by atoms with Crippen molar-refractivity contribution in [3.8, 4) is 5.75 Å². The Morgan fingerprint density at radius 2 is 0.854 bits per heavy atom. The van der Waals surface area contributed by atoms with Crippen molar-refractivity contribution in [1.82, 2.24) is 79.1 Å². The molecular weight excluding hydrogens is 1820 g/mol. The number of phenolic OH excluding ortho intramolecular Hbond substituents is 1. The van der Waals surface area contributed by atoms with E-state index in [0.29, 0.717) is 40.3 Å². The van der Waals surface area contributed by atoms with Crippen LogP contribution in [-0.2, 0) is 109 Å². The van der Waals surface area contributed by atoms with E-state index in [0.717, 1.165) is 50.2 Å². The van der Waals surface area contributed by atoms with Crippen molar-refractivity contribution in [2.24, 2.45) is 23.1 Å². The molecule has 1 heterocycles. The monoisotopic (exact) mass is 1930 g/mol. The highest BCUT2D eigenvalue weighted by Gasteiger charge is 2.41. The van der Waals surface area contributed by atoms with Gasteiger partial charge in [-0.3, -0.25) is 76.7 Å². The van der Waals surface area contributed by atoms with Crippen LogP contribution < -0.4 is 86.3 Å². The number of aliphatic carboxylic acids is 1. The number of hydrogen-bond acceptors (Lipinski definition) is 22. The minimum absolute atomic E-state index is 0.00498. The number of amides is 15. The third-order valence-electron chi connectivity index (χ3n) is 22.0. The maximum atomic E-state index is 15.7. The van der Waals surface area contributed by atoms with Crippen LogP contribution in [0.25, 0.3) is 32.3 Å². The number of carbonyl (C=O) groups excluding carboxylic acids is 15. The molecule has 8 aromatic rings. The number of unbranched alkanes of at least 4 members (excludes halogenated alkanes) is 1. The number of nitrogens with two attached hydrogens (primary N) is 3. The standard InChI is InChI=1S/C90H106F8N18O21/c1-39(2)28-59(105-43(6)120)86(133)115-76(41(4)118)89(136)113-61(32-45-29-54(91)72(95)55(92)30-45)83(130)108-58(24-26-67(123)124)81(128)111-63(34-50-36-102-38-103-50)85(132)109-60(31-44-13-20-51(121)21-14-44)84(131)110-62(33-49-18-17-48-16-15-46-10-9-11-47-19-22-52(49)69(48)68(46)47)82(129)104-40(3)79(126)107-57(23-25-66(100)122)80(127)112-64(35-53-70(93)73(96)75(98)74(97)71(53)94)87(134)116-77(42(5)119)90(137)114-65(37-117)88(135)106-56(78(101)125)12-7-8-27-99/h9-11,13-22,29-30,36,38-42,56-65,76-77,117-119,121H,7-8,12,23-28,31-35,37,99H2,1-6H3,(H2,100,122)(H2,101,125)(H,102,103)(H,104,129)(H,105,120)(H,106,135)(H,107,126)(H,108,130)(H,109,132)(H,110,131)(H,111,128)(H,112,127)(H,113,136)(H,114,137)(H,115,133)(H,116,134)(H,123,124)/t40-,41+,42-,56+,57-,58-,59-,60-,61-,62-,63-,64-,65+,76-,77+/m0/s1. The number of nitrogens with zero attached hydrogens (tertiary/aromatic N) is 1. The third-order valence-corrected chi connectivity index (χ3v) is 22.0. The highest BCUT2D eigenvalue weighted by molar-refractivity contribution is 6.23. The average molecular weight is 1930 g/mol. The zero-order chi connectivity index (χ0) is 101. The van der Waals surface area contributed by atoms with Gasteiger partial charge in [-0.05, 0) is 145 Å². The molecule has 0 unspecified atom stereocenters. The van der Waals surface area contributed by atoms with Crippen LogP contribution in [0.4, 0.5) is 35.1 Å². The van der Waals surface area contributed by atoms with Gasteiger partial charge in [0.15, 0.2) is 40.7 Å². The zero-order valence-electron chi connectivity index (χ0n) is 74.6. The van der Waals surface area contributed by atoms with Gasteiger partial charge in [-0.15, -0.1) is 0 Å². The van der Waals surface area contributed by atoms with Gasteiger partial charge >= 0.3 is 5.97 Å². The number of aromatic hydroxyl groups is 1. The number of halogens is 8. The van der Waals surface area contributed by atoms with Crippen molar-refractivity contribution in [3.63, 3.8) is 0 Å². The van der Waals surface area contributed by atoms with Crippen LogP contribution in [0.5, 0.6) is 5.75 Å². The number of aliphatic hydroxyl groups excluding tert-OH is 3. The fraction of sp³-hybridized carbons (Fsp3) is 0.411. The number of carboxylic acid groups (broad SMARTS) is 1. The lowest BCUT2D eigenvalue weighted by atomic mass is 9.90. The number of aromatic nitrogens is 2. The lowest BCUT2D eigenvalue weighted by Crippen LogP contribution is -2.62. The number of phenols is 1. The molecule has 0 aliphatic rings. The van der Waals surface area contributed by atoms with Crippen LogP contribution in [0.2, 0.25) is 0 Å². The molecule has 25 N–H and O–H groups in total. The number of hydrogen-bond donors (Lipinski definition) is 22. The smallest absolute Gasteiger partial charge is 0.303 e. The molecule has 738 valence electrons. The van der Waals surface area contributed by atoms with Crippen LogP contribution >= 0.6 is 0 Å². The number of imidazole rings is 1. The third kappa shape index (κ3) is 29.9. The molecule has 0 radical (unpaired) electrons. The van der Waals surface area contributed by atoms with E-state index in [4.69, 9.17) is 17.2 Å². The van der Waals surface area contributed by atoms with Gasteiger partial charge in [-0.2, -0.15) is 0 Å². The SMILES string of the molecule is CC(=O)N[C@@H](CC(C)C)C(=O)N[C@H](C(=O)N[C@@H](Cc1cc(F)c(F)c(F)c1)C(=O)N[C@@H](CCC(=O)O)C(=O)N[C@@H](Cc1c[nH]cn1)C(=O)N[C@@H](Cc1ccc(O)cc1)C(=O)N[C@@H](Cc1ccc2ccc3cccc4ccc1c2c34)C(=O)N[C@@H](C)C(=O)N[C@@H](CCC(N)=O)C(=O)N[C@@H](Cc1c(F)c(F)c(F)c(F)c1F)C(=O)N[C@@H](C(=O)N[C@H](CO)C(=O)N[C@H](CCCCN)C(N)=O)[C@H](C)O)[C@@H](C)O. The molecule has 15 atom stereocenters. The van der Waals surface area contributed by atoms with Gasteiger partial charge in [0.2, 0.25) is 94.4 Å². The number of H-pyrrole nitrogens is 1. The van der Waals surface area contributed by atoms with E-state index in [2.05, 4.69) is 63.1 Å². The van der Waals surface area contributed by atoms with Gasteiger partial charge < -0.3 is 117 Å². The van der Waals surface area contributed by atoms with Gasteiger partial charge in [0.1, 0.15) is 84.3 Å². The second-order valence-corrected chi connectivity index (χ2v) is 33.2. The van der Waals surface area contributed by atoms with Gasteiger partial charge in [-0.25, -0.2) is 40.1 Å². The Labute approximate surface area is 776 Å². The Balaban J connectivity index is 1.12. The first kappa shape index (κ1) is 108.